The van der Waals surface area contributed by atoms with Gasteiger partial charge in [0.1, 0.15) is 6.04 Å². The van der Waals surface area contributed by atoms with Gasteiger partial charge in [0, 0.05) is 25.1 Å². The van der Waals surface area contributed by atoms with Gasteiger partial charge < -0.3 is 10.2 Å². The highest BCUT2D eigenvalue weighted by atomic mass is 16.2. The summed E-state index contributed by atoms with van der Waals surface area (Å²) in [7, 11) is 0. The molecular weight excluding hydrogens is 286 g/mol. The van der Waals surface area contributed by atoms with E-state index < -0.39 is 11.9 Å². The lowest BCUT2D eigenvalue weighted by Crippen LogP contribution is -2.52. The van der Waals surface area contributed by atoms with E-state index in [1.54, 1.807) is 6.07 Å². The number of nitrogens with one attached hydrogen (secondary N) is 2. The van der Waals surface area contributed by atoms with Gasteiger partial charge >= 0.3 is 0 Å². The molecule has 3 rings (SSSR count). The minimum absolute atomic E-state index is 0.229. The lowest BCUT2D eigenvalue weighted by atomic mass is 10.0. The highest BCUT2D eigenvalue weighted by molar-refractivity contribution is 6.06. The van der Waals surface area contributed by atoms with Crippen LogP contribution in [0, 0.1) is 0 Å². The number of nitrogens with zero attached hydrogens (tertiary/aromatic N) is 1. The lowest BCUT2D eigenvalue weighted by Gasteiger charge is -2.29. The molecule has 22 heavy (non-hydrogen) atoms. The first-order valence-electron chi connectivity index (χ1n) is 7.04. The Morgan fingerprint density at radius 3 is 2.86 bits per heavy atom. The maximum atomic E-state index is 12.7. The largest absolute Gasteiger partial charge is 0.355 e. The number of benzene rings is 1. The minimum Gasteiger partial charge on any atom is -0.355 e. The fourth-order valence-electron chi connectivity index (χ4n) is 2.99. The third-order valence-corrected chi connectivity index (χ3v) is 4.01. The van der Waals surface area contributed by atoms with Crippen LogP contribution in [-0.2, 0) is 27.5 Å². The molecule has 2 aliphatic rings. The predicted molar refractivity (Wildman–Crippen MR) is 75.4 cm³/mol. The number of carbonyl (C=O) groups excluding carboxylic acids is 4. The van der Waals surface area contributed by atoms with Crippen LogP contribution in [0.15, 0.2) is 18.2 Å². The van der Waals surface area contributed by atoms with E-state index in [-0.39, 0.29) is 24.8 Å². The number of fused-ring (bicyclic) bond motifs is 1. The number of hydrogen-bond donors (Lipinski definition) is 2. The summed E-state index contributed by atoms with van der Waals surface area (Å²) >= 11 is 0. The average molecular weight is 301 g/mol. The second kappa shape index (κ2) is 5.59. The summed E-state index contributed by atoms with van der Waals surface area (Å²) in [6.45, 7) is 0.608. The van der Waals surface area contributed by atoms with Crippen molar-refractivity contribution in [1.29, 1.82) is 0 Å². The Bertz CT molecular complexity index is 671. The van der Waals surface area contributed by atoms with Gasteiger partial charge in [-0.3, -0.25) is 24.5 Å². The molecule has 7 heteroatoms. The molecule has 2 aliphatic heterocycles. The molecule has 1 aromatic carbocycles. The average Bonchev–Trinajstić information content (AvgIpc) is 2.83. The van der Waals surface area contributed by atoms with E-state index in [9.17, 15) is 19.2 Å². The van der Waals surface area contributed by atoms with E-state index in [0.717, 1.165) is 11.1 Å². The molecule has 4 amide bonds. The number of piperidine rings is 1. The molecule has 0 saturated carbocycles. The molecule has 0 bridgehead atoms. The SMILES string of the molecule is O=CNCc1cccc2c1C(=O)N(C1CCC(=O)NC1=O)C2. The molecule has 0 spiro atoms. The molecule has 0 radical (unpaired) electrons. The second-order valence-electron chi connectivity index (χ2n) is 5.35. The Balaban J connectivity index is 1.86. The van der Waals surface area contributed by atoms with Gasteiger partial charge in [-0.05, 0) is 17.5 Å². The Kier molecular flexibility index (Phi) is 3.62. The van der Waals surface area contributed by atoms with Crippen molar-refractivity contribution < 1.29 is 19.2 Å². The van der Waals surface area contributed by atoms with Crippen LogP contribution in [0.2, 0.25) is 0 Å². The summed E-state index contributed by atoms with van der Waals surface area (Å²) in [6, 6.07) is 4.82. The third kappa shape index (κ3) is 2.34. The molecule has 7 nitrogen and oxygen atoms in total. The van der Waals surface area contributed by atoms with Gasteiger partial charge in [0.15, 0.2) is 0 Å². The zero-order valence-electron chi connectivity index (χ0n) is 11.8. The summed E-state index contributed by atoms with van der Waals surface area (Å²) in [6.07, 6.45) is 1.15. The molecular formula is C15H15N3O4. The summed E-state index contributed by atoms with van der Waals surface area (Å²) < 4.78 is 0. The quantitative estimate of drug-likeness (QED) is 0.589. The number of rotatable bonds is 4. The van der Waals surface area contributed by atoms with E-state index in [0.29, 0.717) is 24.9 Å². The highest BCUT2D eigenvalue weighted by Crippen LogP contribution is 2.29. The van der Waals surface area contributed by atoms with Crippen LogP contribution in [0.1, 0.15) is 34.3 Å². The molecule has 0 aliphatic carbocycles. The first-order valence-corrected chi connectivity index (χ1v) is 7.04. The van der Waals surface area contributed by atoms with E-state index in [1.807, 2.05) is 12.1 Å². The number of hydrogen-bond acceptors (Lipinski definition) is 4. The normalized spacial score (nSPS) is 20.6. The Labute approximate surface area is 126 Å². The van der Waals surface area contributed by atoms with E-state index in [1.165, 1.54) is 4.90 Å². The van der Waals surface area contributed by atoms with Gasteiger partial charge in [-0.15, -0.1) is 0 Å². The second-order valence-corrected chi connectivity index (χ2v) is 5.35. The Morgan fingerprint density at radius 2 is 2.14 bits per heavy atom. The van der Waals surface area contributed by atoms with Crippen LogP contribution in [-0.4, -0.2) is 35.1 Å². The minimum atomic E-state index is -0.621. The predicted octanol–water partition coefficient (Wildman–Crippen LogP) is -0.306. The molecule has 2 N–H and O–H groups in total. The van der Waals surface area contributed by atoms with Crippen LogP contribution in [0.3, 0.4) is 0 Å². The maximum absolute atomic E-state index is 12.7. The summed E-state index contributed by atoms with van der Waals surface area (Å²) in [5.74, 6) is -0.959. The summed E-state index contributed by atoms with van der Waals surface area (Å²) in [5, 5.41) is 4.82. The van der Waals surface area contributed by atoms with Crippen molar-refractivity contribution in [3.05, 3.63) is 34.9 Å². The monoisotopic (exact) mass is 301 g/mol. The van der Waals surface area contributed by atoms with Gasteiger partial charge in [0.2, 0.25) is 18.2 Å². The van der Waals surface area contributed by atoms with Gasteiger partial charge in [-0.2, -0.15) is 0 Å². The smallest absolute Gasteiger partial charge is 0.255 e. The van der Waals surface area contributed by atoms with E-state index in [2.05, 4.69) is 10.6 Å². The van der Waals surface area contributed by atoms with Crippen LogP contribution in [0.25, 0.3) is 0 Å². The van der Waals surface area contributed by atoms with Gasteiger partial charge in [-0.25, -0.2) is 0 Å². The Morgan fingerprint density at radius 1 is 1.32 bits per heavy atom. The third-order valence-electron chi connectivity index (χ3n) is 4.01. The standard InChI is InChI=1S/C15H15N3O4/c19-8-16-6-9-2-1-3-10-7-18(15(22)13(9)10)11-4-5-12(20)17-14(11)21/h1-3,8,11H,4-7H2,(H,16,19)(H,17,20,21). The van der Waals surface area contributed by atoms with Crippen molar-refractivity contribution in [2.24, 2.45) is 0 Å². The van der Waals surface area contributed by atoms with Crippen LogP contribution < -0.4 is 10.6 Å². The molecule has 1 saturated heterocycles. The fourth-order valence-corrected chi connectivity index (χ4v) is 2.99. The van der Waals surface area contributed by atoms with Crippen molar-refractivity contribution in [2.45, 2.75) is 32.0 Å². The topological polar surface area (TPSA) is 95.6 Å². The van der Waals surface area contributed by atoms with Crippen molar-refractivity contribution in [3.8, 4) is 0 Å². The van der Waals surface area contributed by atoms with Crippen molar-refractivity contribution in [2.75, 3.05) is 0 Å². The first kappa shape index (κ1) is 14.2. The maximum Gasteiger partial charge on any atom is 0.255 e. The zero-order valence-corrected chi connectivity index (χ0v) is 11.8. The molecule has 1 fully saturated rings. The van der Waals surface area contributed by atoms with Crippen LogP contribution >= 0.6 is 0 Å². The molecule has 1 atom stereocenters. The summed E-state index contributed by atoms with van der Waals surface area (Å²) in [5.41, 5.74) is 2.10. The van der Waals surface area contributed by atoms with Gasteiger partial charge in [0.25, 0.3) is 5.91 Å². The zero-order chi connectivity index (χ0) is 15.7. The fraction of sp³-hybridized carbons (Fsp3) is 0.333. The van der Waals surface area contributed by atoms with Gasteiger partial charge in [0.05, 0.1) is 0 Å². The molecule has 2 heterocycles. The van der Waals surface area contributed by atoms with Crippen molar-refractivity contribution >= 4 is 24.1 Å². The summed E-state index contributed by atoms with van der Waals surface area (Å²) in [4.78, 5) is 47.8. The van der Waals surface area contributed by atoms with E-state index in [4.69, 9.17) is 0 Å². The molecule has 1 aromatic rings. The molecule has 1 unspecified atom stereocenters. The van der Waals surface area contributed by atoms with Crippen LogP contribution in [0.5, 0.6) is 0 Å². The Hall–Kier alpha value is -2.70. The number of imide groups is 1. The number of carbonyl (C=O) groups is 4. The van der Waals surface area contributed by atoms with Gasteiger partial charge in [-0.1, -0.05) is 18.2 Å². The highest BCUT2D eigenvalue weighted by Gasteiger charge is 2.39. The lowest BCUT2D eigenvalue weighted by molar-refractivity contribution is -0.136. The first-order chi connectivity index (χ1) is 10.6. The number of amides is 4. The van der Waals surface area contributed by atoms with Crippen LogP contribution in [0.4, 0.5) is 0 Å². The molecule has 114 valence electrons. The van der Waals surface area contributed by atoms with Crippen molar-refractivity contribution in [1.82, 2.24) is 15.5 Å². The molecule has 0 aromatic heterocycles. The van der Waals surface area contributed by atoms with Crippen molar-refractivity contribution in [3.63, 3.8) is 0 Å². The van der Waals surface area contributed by atoms with E-state index >= 15 is 0 Å².